The molecule has 1 aromatic heterocycles. The minimum Gasteiger partial charge on any atom is -0.465 e. The Morgan fingerprint density at radius 1 is 1.50 bits per heavy atom. The summed E-state index contributed by atoms with van der Waals surface area (Å²) in [4.78, 5) is 2.49. The van der Waals surface area contributed by atoms with Crippen molar-refractivity contribution in [2.75, 3.05) is 13.1 Å². The summed E-state index contributed by atoms with van der Waals surface area (Å²) in [6, 6.07) is 4.99. The molecule has 2 atom stereocenters. The average Bonchev–Trinajstić information content (AvgIpc) is 2.75. The Morgan fingerprint density at radius 2 is 2.31 bits per heavy atom. The zero-order chi connectivity index (χ0) is 11.5. The summed E-state index contributed by atoms with van der Waals surface area (Å²) in [5.41, 5.74) is 5.84. The van der Waals surface area contributed by atoms with Crippen LogP contribution < -0.4 is 5.73 Å². The monoisotopic (exact) mass is 222 g/mol. The number of piperidine rings is 1. The van der Waals surface area contributed by atoms with Gasteiger partial charge in [0.15, 0.2) is 0 Å². The Kier molecular flexibility index (Phi) is 3.66. The molecule has 0 radical (unpaired) electrons. The molecule has 90 valence electrons. The molecule has 1 saturated heterocycles. The van der Waals surface area contributed by atoms with E-state index in [2.05, 4.69) is 17.9 Å². The van der Waals surface area contributed by atoms with E-state index < -0.39 is 0 Å². The van der Waals surface area contributed by atoms with Crippen molar-refractivity contribution in [3.8, 4) is 0 Å². The molecule has 3 nitrogen and oxygen atoms in total. The normalized spacial score (nSPS) is 24.6. The summed E-state index contributed by atoms with van der Waals surface area (Å²) in [5, 5.41) is 0. The fourth-order valence-corrected chi connectivity index (χ4v) is 2.63. The van der Waals surface area contributed by atoms with Crippen LogP contribution >= 0.6 is 0 Å². The highest BCUT2D eigenvalue weighted by Gasteiger charge is 2.27. The van der Waals surface area contributed by atoms with Gasteiger partial charge in [0.05, 0.1) is 6.04 Å². The van der Waals surface area contributed by atoms with E-state index in [0.29, 0.717) is 12.1 Å². The molecule has 2 heterocycles. The second-order valence-electron chi connectivity index (χ2n) is 4.75. The number of hydrogen-bond donors (Lipinski definition) is 1. The maximum absolute atomic E-state index is 5.84. The molecule has 1 aliphatic rings. The van der Waals surface area contributed by atoms with Gasteiger partial charge in [0.1, 0.15) is 11.5 Å². The highest BCUT2D eigenvalue weighted by atomic mass is 16.3. The number of rotatable bonds is 3. The van der Waals surface area contributed by atoms with Crippen molar-refractivity contribution in [1.29, 1.82) is 0 Å². The third-order valence-electron chi connectivity index (χ3n) is 3.62. The van der Waals surface area contributed by atoms with Crippen molar-refractivity contribution in [3.05, 3.63) is 23.7 Å². The third-order valence-corrected chi connectivity index (χ3v) is 3.62. The summed E-state index contributed by atoms with van der Waals surface area (Å²) in [6.07, 6.45) is 3.81. The van der Waals surface area contributed by atoms with Crippen molar-refractivity contribution in [3.63, 3.8) is 0 Å². The molecule has 0 amide bonds. The Hall–Kier alpha value is -0.800. The molecule has 1 aromatic rings. The Bertz CT molecular complexity index is 334. The van der Waals surface area contributed by atoms with Gasteiger partial charge in [-0.2, -0.15) is 0 Å². The third kappa shape index (κ3) is 2.30. The smallest absolute Gasteiger partial charge is 0.121 e. The van der Waals surface area contributed by atoms with Gasteiger partial charge < -0.3 is 10.2 Å². The van der Waals surface area contributed by atoms with Crippen molar-refractivity contribution >= 4 is 0 Å². The average molecular weight is 222 g/mol. The maximum atomic E-state index is 5.84. The standard InChI is InChI=1S/C13H22N2O/c1-10-6-7-13(16-10)11(2)15-8-4-3-5-12(15)9-14/h6-7,11-12H,3-5,8-9,14H2,1-2H3. The fraction of sp³-hybridized carbons (Fsp3) is 0.692. The van der Waals surface area contributed by atoms with Gasteiger partial charge in [-0.25, -0.2) is 0 Å². The van der Waals surface area contributed by atoms with Gasteiger partial charge in [-0.15, -0.1) is 0 Å². The van der Waals surface area contributed by atoms with Gasteiger partial charge in [0.25, 0.3) is 0 Å². The predicted octanol–water partition coefficient (Wildman–Crippen LogP) is 2.46. The van der Waals surface area contributed by atoms with Crippen molar-refractivity contribution in [2.24, 2.45) is 5.73 Å². The molecule has 1 aliphatic heterocycles. The van der Waals surface area contributed by atoms with Crippen LogP contribution in [0, 0.1) is 6.92 Å². The largest absolute Gasteiger partial charge is 0.465 e. The van der Waals surface area contributed by atoms with E-state index in [1.165, 1.54) is 19.3 Å². The molecule has 0 aromatic carbocycles. The quantitative estimate of drug-likeness (QED) is 0.854. The molecule has 0 bridgehead atoms. The van der Waals surface area contributed by atoms with Gasteiger partial charge in [0, 0.05) is 12.6 Å². The lowest BCUT2D eigenvalue weighted by atomic mass is 9.99. The molecule has 3 heteroatoms. The molecule has 2 rings (SSSR count). The lowest BCUT2D eigenvalue weighted by Gasteiger charge is -2.38. The van der Waals surface area contributed by atoms with Gasteiger partial charge in [-0.1, -0.05) is 6.42 Å². The Labute approximate surface area is 97.6 Å². The van der Waals surface area contributed by atoms with Crippen LogP contribution in [0.1, 0.15) is 43.7 Å². The van der Waals surface area contributed by atoms with E-state index in [-0.39, 0.29) is 0 Å². The van der Waals surface area contributed by atoms with E-state index in [9.17, 15) is 0 Å². The Balaban J connectivity index is 2.10. The zero-order valence-corrected chi connectivity index (χ0v) is 10.3. The van der Waals surface area contributed by atoms with Crippen LogP contribution in [0.15, 0.2) is 16.5 Å². The van der Waals surface area contributed by atoms with Crippen LogP contribution in [0.25, 0.3) is 0 Å². The summed E-state index contributed by atoms with van der Waals surface area (Å²) in [6.45, 7) is 6.10. The first-order chi connectivity index (χ1) is 7.72. The van der Waals surface area contributed by atoms with E-state index in [1.807, 2.05) is 13.0 Å². The van der Waals surface area contributed by atoms with Gasteiger partial charge in [0.2, 0.25) is 0 Å². The number of furan rings is 1. The number of likely N-dealkylation sites (tertiary alicyclic amines) is 1. The van der Waals surface area contributed by atoms with E-state index in [1.54, 1.807) is 0 Å². The summed E-state index contributed by atoms with van der Waals surface area (Å²) in [7, 11) is 0. The highest BCUT2D eigenvalue weighted by molar-refractivity contribution is 5.09. The molecule has 0 spiro atoms. The number of hydrogen-bond acceptors (Lipinski definition) is 3. The molecule has 2 N–H and O–H groups in total. The summed E-state index contributed by atoms with van der Waals surface area (Å²) in [5.74, 6) is 2.06. The summed E-state index contributed by atoms with van der Waals surface area (Å²) < 4.78 is 5.71. The maximum Gasteiger partial charge on any atom is 0.121 e. The molecular formula is C13H22N2O. The molecule has 1 fully saturated rings. The van der Waals surface area contributed by atoms with Crippen LogP contribution in [0.3, 0.4) is 0 Å². The van der Waals surface area contributed by atoms with Gasteiger partial charge in [-0.3, -0.25) is 4.90 Å². The van der Waals surface area contributed by atoms with Crippen LogP contribution in [-0.4, -0.2) is 24.0 Å². The van der Waals surface area contributed by atoms with Crippen molar-refractivity contribution in [2.45, 2.75) is 45.2 Å². The summed E-state index contributed by atoms with van der Waals surface area (Å²) >= 11 is 0. The van der Waals surface area contributed by atoms with Gasteiger partial charge in [-0.05, 0) is 45.4 Å². The topological polar surface area (TPSA) is 42.4 Å². The molecule has 0 saturated carbocycles. The minimum atomic E-state index is 0.350. The minimum absolute atomic E-state index is 0.350. The van der Waals surface area contributed by atoms with Crippen LogP contribution in [0.5, 0.6) is 0 Å². The van der Waals surface area contributed by atoms with Crippen molar-refractivity contribution in [1.82, 2.24) is 4.90 Å². The zero-order valence-electron chi connectivity index (χ0n) is 10.3. The van der Waals surface area contributed by atoms with E-state index in [4.69, 9.17) is 10.2 Å². The van der Waals surface area contributed by atoms with Crippen LogP contribution in [-0.2, 0) is 0 Å². The lowest BCUT2D eigenvalue weighted by molar-refractivity contribution is 0.0952. The first kappa shape index (κ1) is 11.7. The van der Waals surface area contributed by atoms with Gasteiger partial charge >= 0.3 is 0 Å². The molecular weight excluding hydrogens is 200 g/mol. The SMILES string of the molecule is Cc1ccc(C(C)N2CCCCC2CN)o1. The molecule has 16 heavy (non-hydrogen) atoms. The number of nitrogens with two attached hydrogens (primary N) is 1. The Morgan fingerprint density at radius 3 is 2.94 bits per heavy atom. The first-order valence-corrected chi connectivity index (χ1v) is 6.24. The predicted molar refractivity (Wildman–Crippen MR) is 65.3 cm³/mol. The van der Waals surface area contributed by atoms with E-state index in [0.717, 1.165) is 24.6 Å². The van der Waals surface area contributed by atoms with E-state index >= 15 is 0 Å². The number of aryl methyl sites for hydroxylation is 1. The van der Waals surface area contributed by atoms with Crippen LogP contribution in [0.4, 0.5) is 0 Å². The highest BCUT2D eigenvalue weighted by Crippen LogP contribution is 2.28. The van der Waals surface area contributed by atoms with Crippen LogP contribution in [0.2, 0.25) is 0 Å². The number of nitrogens with zero attached hydrogens (tertiary/aromatic N) is 1. The molecule has 2 unspecified atom stereocenters. The lowest BCUT2D eigenvalue weighted by Crippen LogP contribution is -2.45. The van der Waals surface area contributed by atoms with Crippen molar-refractivity contribution < 1.29 is 4.42 Å². The second kappa shape index (κ2) is 5.02. The first-order valence-electron chi connectivity index (χ1n) is 6.24. The fourth-order valence-electron chi connectivity index (χ4n) is 2.63. The second-order valence-corrected chi connectivity index (χ2v) is 4.75. The molecule has 0 aliphatic carbocycles.